The molecule has 0 saturated heterocycles. The maximum absolute atomic E-state index is 5.15. The fourth-order valence-corrected chi connectivity index (χ4v) is 10.6. The SMILES string of the molecule is c1ccc(N(c2cccc(-c3nsc(-c4cccc(N(c5ccccc5)c5ccc6sc7ccccc7c6c5)c4)n3)c2)c2ccc3sc4ccccc4c3c2)cc1. The molecule has 11 rings (SSSR count). The summed E-state index contributed by atoms with van der Waals surface area (Å²) in [4.78, 5) is 9.80. The van der Waals surface area contributed by atoms with E-state index in [1.54, 1.807) is 0 Å². The predicted octanol–water partition coefficient (Wildman–Crippen LogP) is 15.5. The van der Waals surface area contributed by atoms with Gasteiger partial charge in [0.1, 0.15) is 5.01 Å². The third-order valence-electron chi connectivity index (χ3n) is 10.4. The molecule has 0 atom stereocenters. The molecule has 0 N–H and O–H groups in total. The van der Waals surface area contributed by atoms with Crippen LogP contribution in [0.2, 0.25) is 0 Å². The second-order valence-electron chi connectivity index (χ2n) is 13.9. The molecule has 0 amide bonds. The topological polar surface area (TPSA) is 32.3 Å². The standard InChI is InChI=1S/C50H32N4S3/c1-3-15-35(16-4-1)53(39-25-27-47-43(31-39)41-21-7-9-23-45(41)55-47)37-19-11-13-33(29-37)49-51-50(57-52-49)34-14-12-20-38(30-34)54(36-17-5-2-6-18-36)40-26-28-48-44(32-40)42-22-8-10-24-46(42)56-48/h1-32H. The molecule has 0 saturated carbocycles. The van der Waals surface area contributed by atoms with E-state index >= 15 is 0 Å². The van der Waals surface area contributed by atoms with Crippen molar-refractivity contribution in [3.63, 3.8) is 0 Å². The normalized spacial score (nSPS) is 11.5. The largest absolute Gasteiger partial charge is 0.310 e. The minimum Gasteiger partial charge on any atom is -0.310 e. The second kappa shape index (κ2) is 14.1. The van der Waals surface area contributed by atoms with Crippen molar-refractivity contribution in [3.05, 3.63) is 194 Å². The first-order valence-electron chi connectivity index (χ1n) is 18.8. The van der Waals surface area contributed by atoms with Crippen LogP contribution in [0, 0.1) is 0 Å². The third-order valence-corrected chi connectivity index (χ3v) is 13.5. The Hall–Kier alpha value is -6.64. The molecule has 0 spiro atoms. The fraction of sp³-hybridized carbons (Fsp3) is 0. The lowest BCUT2D eigenvalue weighted by Gasteiger charge is -2.26. The van der Waals surface area contributed by atoms with Crippen molar-refractivity contribution < 1.29 is 0 Å². The summed E-state index contributed by atoms with van der Waals surface area (Å²) in [5.41, 5.74) is 8.50. The summed E-state index contributed by atoms with van der Waals surface area (Å²) in [7, 11) is 0. The Morgan fingerprint density at radius 1 is 0.333 bits per heavy atom. The monoisotopic (exact) mass is 784 g/mol. The van der Waals surface area contributed by atoms with Crippen molar-refractivity contribution in [2.45, 2.75) is 0 Å². The van der Waals surface area contributed by atoms with Crippen LogP contribution in [0.4, 0.5) is 34.1 Å². The van der Waals surface area contributed by atoms with Gasteiger partial charge in [-0.3, -0.25) is 0 Å². The Balaban J connectivity index is 0.960. The fourth-order valence-electron chi connectivity index (χ4n) is 7.77. The summed E-state index contributed by atoms with van der Waals surface area (Å²) in [5, 5.41) is 5.99. The highest BCUT2D eigenvalue weighted by molar-refractivity contribution is 7.26. The minimum atomic E-state index is 0.712. The lowest BCUT2D eigenvalue weighted by Crippen LogP contribution is -2.09. The summed E-state index contributed by atoms with van der Waals surface area (Å²) in [6.07, 6.45) is 0. The lowest BCUT2D eigenvalue weighted by atomic mass is 10.1. The molecule has 7 heteroatoms. The molecule has 0 fully saturated rings. The van der Waals surface area contributed by atoms with Gasteiger partial charge >= 0.3 is 0 Å². The lowest BCUT2D eigenvalue weighted by molar-refractivity contribution is 1.27. The molecule has 3 aromatic heterocycles. The van der Waals surface area contributed by atoms with Gasteiger partial charge in [0, 0.05) is 85.6 Å². The van der Waals surface area contributed by atoms with Crippen molar-refractivity contribution in [2.24, 2.45) is 0 Å². The molecule has 57 heavy (non-hydrogen) atoms. The van der Waals surface area contributed by atoms with Crippen LogP contribution in [-0.2, 0) is 0 Å². The van der Waals surface area contributed by atoms with Crippen molar-refractivity contribution >= 4 is 109 Å². The zero-order chi connectivity index (χ0) is 37.7. The molecule has 8 aromatic carbocycles. The van der Waals surface area contributed by atoms with Gasteiger partial charge in [0.2, 0.25) is 0 Å². The highest BCUT2D eigenvalue weighted by atomic mass is 32.1. The van der Waals surface area contributed by atoms with Gasteiger partial charge in [-0.15, -0.1) is 22.7 Å². The van der Waals surface area contributed by atoms with E-state index in [-0.39, 0.29) is 0 Å². The molecule has 3 heterocycles. The zero-order valence-corrected chi connectivity index (χ0v) is 32.9. The maximum atomic E-state index is 5.15. The number of aromatic nitrogens is 2. The van der Waals surface area contributed by atoms with E-state index in [4.69, 9.17) is 9.36 Å². The molecule has 11 aromatic rings. The zero-order valence-electron chi connectivity index (χ0n) is 30.5. The Bertz CT molecular complexity index is 3010. The van der Waals surface area contributed by atoms with Crippen LogP contribution in [-0.4, -0.2) is 9.36 Å². The average molecular weight is 785 g/mol. The molecule has 0 radical (unpaired) electrons. The van der Waals surface area contributed by atoms with Crippen molar-refractivity contribution in [1.29, 1.82) is 0 Å². The van der Waals surface area contributed by atoms with Gasteiger partial charge in [0.05, 0.1) is 0 Å². The van der Waals surface area contributed by atoms with E-state index in [0.29, 0.717) is 5.82 Å². The number of benzene rings is 8. The van der Waals surface area contributed by atoms with E-state index in [2.05, 4.69) is 204 Å². The van der Waals surface area contributed by atoms with Crippen LogP contribution in [0.25, 0.3) is 62.3 Å². The van der Waals surface area contributed by atoms with Gasteiger partial charge < -0.3 is 9.80 Å². The summed E-state index contributed by atoms with van der Waals surface area (Å²) < 4.78 is 10.1. The number of hydrogen-bond acceptors (Lipinski definition) is 7. The Kier molecular flexibility index (Phi) is 8.35. The number of fused-ring (bicyclic) bond motifs is 6. The van der Waals surface area contributed by atoms with Crippen LogP contribution in [0.5, 0.6) is 0 Å². The van der Waals surface area contributed by atoms with Crippen LogP contribution in [0.3, 0.4) is 0 Å². The van der Waals surface area contributed by atoms with Gasteiger partial charge in [-0.1, -0.05) is 97.1 Å². The molecule has 270 valence electrons. The first-order valence-corrected chi connectivity index (χ1v) is 21.2. The van der Waals surface area contributed by atoms with Crippen LogP contribution < -0.4 is 9.80 Å². The van der Waals surface area contributed by atoms with Gasteiger partial charge in [0.25, 0.3) is 0 Å². The smallest absolute Gasteiger partial charge is 0.173 e. The molecule has 0 aliphatic heterocycles. The average Bonchev–Trinajstić information content (AvgIpc) is 4.01. The van der Waals surface area contributed by atoms with E-state index < -0.39 is 0 Å². The number of rotatable bonds is 8. The van der Waals surface area contributed by atoms with E-state index in [1.165, 1.54) is 51.9 Å². The van der Waals surface area contributed by atoms with Gasteiger partial charge in [-0.25, -0.2) is 4.98 Å². The van der Waals surface area contributed by atoms with Crippen molar-refractivity contribution in [3.8, 4) is 22.0 Å². The number of thiophene rings is 2. The predicted molar refractivity (Wildman–Crippen MR) is 246 cm³/mol. The van der Waals surface area contributed by atoms with Gasteiger partial charge in [-0.2, -0.15) is 4.37 Å². The quantitative estimate of drug-likeness (QED) is 0.154. The van der Waals surface area contributed by atoms with Crippen molar-refractivity contribution in [1.82, 2.24) is 9.36 Å². The second-order valence-corrected chi connectivity index (χ2v) is 16.8. The molecule has 4 nitrogen and oxygen atoms in total. The summed E-state index contributed by atoms with van der Waals surface area (Å²) in [6, 6.07) is 69.3. The minimum absolute atomic E-state index is 0.712. The van der Waals surface area contributed by atoms with E-state index in [0.717, 1.165) is 50.3 Å². The first kappa shape index (κ1) is 33.7. The van der Waals surface area contributed by atoms with Gasteiger partial charge in [-0.05, 0) is 109 Å². The molecule has 0 aliphatic carbocycles. The molecule has 0 unspecified atom stereocenters. The maximum Gasteiger partial charge on any atom is 0.173 e. The van der Waals surface area contributed by atoms with Crippen LogP contribution in [0.1, 0.15) is 0 Å². The van der Waals surface area contributed by atoms with Gasteiger partial charge in [0.15, 0.2) is 5.82 Å². The summed E-state index contributed by atoms with van der Waals surface area (Å²) in [6.45, 7) is 0. The van der Waals surface area contributed by atoms with E-state index in [9.17, 15) is 0 Å². The molecular weight excluding hydrogens is 753 g/mol. The highest BCUT2D eigenvalue weighted by Gasteiger charge is 2.19. The van der Waals surface area contributed by atoms with Crippen molar-refractivity contribution in [2.75, 3.05) is 9.80 Å². The summed E-state index contributed by atoms with van der Waals surface area (Å²) in [5.74, 6) is 0.712. The van der Waals surface area contributed by atoms with Crippen LogP contribution >= 0.6 is 34.2 Å². The number of nitrogens with zero attached hydrogens (tertiary/aromatic N) is 4. The Morgan fingerprint density at radius 2 is 0.772 bits per heavy atom. The highest BCUT2D eigenvalue weighted by Crippen LogP contribution is 2.43. The Labute approximate surface area is 342 Å². The first-order chi connectivity index (χ1) is 28.2. The third kappa shape index (κ3) is 6.13. The molecule has 0 bridgehead atoms. The number of para-hydroxylation sites is 2. The Morgan fingerprint density at radius 3 is 1.33 bits per heavy atom. The molecule has 0 aliphatic rings. The van der Waals surface area contributed by atoms with E-state index in [1.807, 2.05) is 22.7 Å². The molecular formula is C50H32N4S3. The van der Waals surface area contributed by atoms with Crippen LogP contribution in [0.15, 0.2) is 194 Å². The summed E-state index contributed by atoms with van der Waals surface area (Å²) >= 11 is 5.11. The number of hydrogen-bond donors (Lipinski definition) is 0. The number of anilines is 6.